The number of anilines is 1. The predicted octanol–water partition coefficient (Wildman–Crippen LogP) is 6.92. The largest absolute Gasteiger partial charge is 0.573 e. The van der Waals surface area contributed by atoms with E-state index in [4.69, 9.17) is 27.9 Å². The van der Waals surface area contributed by atoms with E-state index in [0.29, 0.717) is 0 Å². The summed E-state index contributed by atoms with van der Waals surface area (Å²) in [4.78, 5) is 24.0. The first-order valence-corrected chi connectivity index (χ1v) is 9.77. The topological polar surface area (TPSA) is 76.7 Å². The lowest BCUT2D eigenvalue weighted by Gasteiger charge is -2.13. The number of hydrogen-bond acceptors (Lipinski definition) is 4. The summed E-state index contributed by atoms with van der Waals surface area (Å²) in [6, 6.07) is 8.52. The third kappa shape index (κ3) is 6.49. The average Bonchev–Trinajstić information content (AvgIpc) is 2.70. The van der Waals surface area contributed by atoms with E-state index < -0.39 is 41.2 Å². The number of nitrogens with one attached hydrogen (secondary N) is 2. The molecule has 0 aromatic heterocycles. The smallest absolute Gasteiger partial charge is 0.454 e. The van der Waals surface area contributed by atoms with Gasteiger partial charge in [0.05, 0.1) is 10.0 Å². The molecular formula is C21H11Cl2F5N2O4. The number of imide groups is 1. The molecule has 0 spiro atoms. The Kier molecular flexibility index (Phi) is 7.48. The number of hydrogen-bond donors (Lipinski definition) is 2. The van der Waals surface area contributed by atoms with Crippen LogP contribution in [0.4, 0.5) is 32.4 Å². The SMILES string of the molecule is O=C(NC(=O)c1c(F)cccc1F)Nc1ccc(Oc2ccc(OC(F)(F)F)cc2Cl)c(Cl)c1. The van der Waals surface area contributed by atoms with Gasteiger partial charge in [-0.2, -0.15) is 0 Å². The van der Waals surface area contributed by atoms with E-state index in [9.17, 15) is 31.5 Å². The molecule has 3 aromatic rings. The van der Waals surface area contributed by atoms with Crippen molar-refractivity contribution in [2.75, 3.05) is 5.32 Å². The summed E-state index contributed by atoms with van der Waals surface area (Å²) in [5.74, 6) is -4.14. The molecule has 6 nitrogen and oxygen atoms in total. The monoisotopic (exact) mass is 520 g/mol. The van der Waals surface area contributed by atoms with Gasteiger partial charge in [0.25, 0.3) is 5.91 Å². The lowest BCUT2D eigenvalue weighted by Crippen LogP contribution is -2.35. The Morgan fingerprint density at radius 1 is 0.853 bits per heavy atom. The number of benzene rings is 3. The van der Waals surface area contributed by atoms with Gasteiger partial charge >= 0.3 is 12.4 Å². The average molecular weight is 521 g/mol. The van der Waals surface area contributed by atoms with Crippen LogP contribution in [0, 0.1) is 11.6 Å². The van der Waals surface area contributed by atoms with Crippen LogP contribution in [-0.2, 0) is 0 Å². The van der Waals surface area contributed by atoms with E-state index in [1.54, 1.807) is 5.32 Å². The molecule has 0 bridgehead atoms. The third-order valence-electron chi connectivity index (χ3n) is 3.96. The van der Waals surface area contributed by atoms with Crippen molar-refractivity contribution < 1.29 is 41.0 Å². The summed E-state index contributed by atoms with van der Waals surface area (Å²) in [6.07, 6.45) is -4.89. The van der Waals surface area contributed by atoms with Gasteiger partial charge in [0.15, 0.2) is 0 Å². The molecule has 0 atom stereocenters. The molecule has 3 rings (SSSR count). The third-order valence-corrected chi connectivity index (χ3v) is 4.55. The highest BCUT2D eigenvalue weighted by atomic mass is 35.5. The standard InChI is InChI=1S/C21H11Cl2F5N2O4/c22-12-8-10(29-20(32)30-19(31)18-14(24)2-1-3-15(18)25)4-6-16(12)33-17-7-5-11(9-13(17)23)34-21(26,27)28/h1-9H,(H2,29,30,31,32). The summed E-state index contributed by atoms with van der Waals surface area (Å²) in [7, 11) is 0. The van der Waals surface area contributed by atoms with Crippen molar-refractivity contribution in [3.8, 4) is 17.2 Å². The molecule has 0 radical (unpaired) electrons. The Balaban J connectivity index is 1.66. The Bertz CT molecular complexity index is 1230. The van der Waals surface area contributed by atoms with Crippen molar-refractivity contribution in [3.63, 3.8) is 0 Å². The molecule has 34 heavy (non-hydrogen) atoms. The lowest BCUT2D eigenvalue weighted by molar-refractivity contribution is -0.274. The first-order valence-electron chi connectivity index (χ1n) is 9.02. The minimum Gasteiger partial charge on any atom is -0.454 e. The van der Waals surface area contributed by atoms with Crippen LogP contribution in [0.2, 0.25) is 10.0 Å². The summed E-state index contributed by atoms with van der Waals surface area (Å²) in [5.41, 5.74) is -0.848. The van der Waals surface area contributed by atoms with Gasteiger partial charge in [-0.1, -0.05) is 29.3 Å². The minimum atomic E-state index is -4.89. The number of alkyl halides is 3. The molecule has 0 aliphatic rings. The van der Waals surface area contributed by atoms with Gasteiger partial charge < -0.3 is 14.8 Å². The van der Waals surface area contributed by atoms with Crippen LogP contribution in [0.15, 0.2) is 54.6 Å². The van der Waals surface area contributed by atoms with Crippen molar-refractivity contribution in [3.05, 3.63) is 81.8 Å². The quantitative estimate of drug-likeness (QED) is 0.358. The van der Waals surface area contributed by atoms with Gasteiger partial charge in [0.1, 0.15) is 34.4 Å². The van der Waals surface area contributed by atoms with Crippen molar-refractivity contribution in [2.45, 2.75) is 6.36 Å². The van der Waals surface area contributed by atoms with Crippen molar-refractivity contribution in [1.82, 2.24) is 5.32 Å². The minimum absolute atomic E-state index is 0.0310. The molecule has 0 unspecified atom stereocenters. The maximum atomic E-state index is 13.6. The first kappa shape index (κ1) is 25.1. The Labute approximate surface area is 198 Å². The van der Waals surface area contributed by atoms with Gasteiger partial charge in [0.2, 0.25) is 0 Å². The molecule has 0 aliphatic heterocycles. The number of amides is 3. The van der Waals surface area contributed by atoms with Crippen LogP contribution in [0.5, 0.6) is 17.2 Å². The maximum absolute atomic E-state index is 13.6. The number of rotatable bonds is 5. The van der Waals surface area contributed by atoms with Gasteiger partial charge in [-0.25, -0.2) is 13.6 Å². The first-order chi connectivity index (χ1) is 15.9. The zero-order chi connectivity index (χ0) is 25.0. The van der Waals surface area contributed by atoms with E-state index >= 15 is 0 Å². The van der Waals surface area contributed by atoms with Crippen LogP contribution in [-0.4, -0.2) is 18.3 Å². The second-order valence-corrected chi connectivity index (χ2v) is 7.21. The zero-order valence-electron chi connectivity index (χ0n) is 16.5. The van der Waals surface area contributed by atoms with Crippen LogP contribution in [0.1, 0.15) is 10.4 Å². The van der Waals surface area contributed by atoms with Crippen molar-refractivity contribution in [2.24, 2.45) is 0 Å². The Morgan fingerprint density at radius 2 is 1.44 bits per heavy atom. The summed E-state index contributed by atoms with van der Waals surface area (Å²) < 4.78 is 73.4. The fourth-order valence-corrected chi connectivity index (χ4v) is 3.01. The maximum Gasteiger partial charge on any atom is 0.573 e. The molecule has 0 aliphatic carbocycles. The molecule has 3 aromatic carbocycles. The van der Waals surface area contributed by atoms with E-state index in [2.05, 4.69) is 10.1 Å². The molecule has 13 heteroatoms. The van der Waals surface area contributed by atoms with Crippen LogP contribution in [0.3, 0.4) is 0 Å². The van der Waals surface area contributed by atoms with Crippen molar-refractivity contribution >= 4 is 40.8 Å². The van der Waals surface area contributed by atoms with Crippen LogP contribution >= 0.6 is 23.2 Å². The molecule has 0 fully saturated rings. The number of ether oxygens (including phenoxy) is 2. The van der Waals surface area contributed by atoms with E-state index in [0.717, 1.165) is 36.4 Å². The lowest BCUT2D eigenvalue weighted by atomic mass is 10.2. The van der Waals surface area contributed by atoms with E-state index in [-0.39, 0.29) is 27.2 Å². The van der Waals surface area contributed by atoms with Crippen molar-refractivity contribution in [1.29, 1.82) is 0 Å². The summed E-state index contributed by atoms with van der Waals surface area (Å²) >= 11 is 12.0. The van der Waals surface area contributed by atoms with E-state index in [1.807, 2.05) is 0 Å². The summed E-state index contributed by atoms with van der Waals surface area (Å²) in [5, 5.41) is 3.78. The molecule has 0 saturated carbocycles. The second kappa shape index (κ2) is 10.1. The normalized spacial score (nSPS) is 11.0. The highest BCUT2D eigenvalue weighted by Gasteiger charge is 2.31. The van der Waals surface area contributed by atoms with Gasteiger partial charge in [-0.05, 0) is 42.5 Å². The highest BCUT2D eigenvalue weighted by Crippen LogP contribution is 2.37. The fourth-order valence-electron chi connectivity index (χ4n) is 2.58. The Morgan fingerprint density at radius 3 is 2.00 bits per heavy atom. The second-order valence-electron chi connectivity index (χ2n) is 6.39. The van der Waals surface area contributed by atoms with Gasteiger partial charge in [-0.15, -0.1) is 13.2 Å². The predicted molar refractivity (Wildman–Crippen MR) is 113 cm³/mol. The molecule has 0 saturated heterocycles. The van der Waals surface area contributed by atoms with Gasteiger partial charge in [0, 0.05) is 11.8 Å². The Hall–Kier alpha value is -3.57. The zero-order valence-corrected chi connectivity index (χ0v) is 18.0. The number of carbonyl (C=O) groups excluding carboxylic acids is 2. The van der Waals surface area contributed by atoms with Crippen LogP contribution < -0.4 is 20.1 Å². The van der Waals surface area contributed by atoms with Gasteiger partial charge in [-0.3, -0.25) is 10.1 Å². The molecular weight excluding hydrogens is 510 g/mol. The molecule has 3 amide bonds. The number of urea groups is 1. The molecule has 2 N–H and O–H groups in total. The van der Waals surface area contributed by atoms with Crippen LogP contribution in [0.25, 0.3) is 0 Å². The summed E-state index contributed by atoms with van der Waals surface area (Å²) in [6.45, 7) is 0. The number of halogens is 7. The highest BCUT2D eigenvalue weighted by molar-refractivity contribution is 6.33. The van der Waals surface area contributed by atoms with E-state index in [1.165, 1.54) is 18.2 Å². The fraction of sp³-hybridized carbons (Fsp3) is 0.0476. The molecule has 0 heterocycles. The molecule has 178 valence electrons. The number of carbonyl (C=O) groups is 2.